The van der Waals surface area contributed by atoms with Crippen molar-refractivity contribution in [1.82, 2.24) is 0 Å². The van der Waals surface area contributed by atoms with E-state index in [-0.39, 0.29) is 5.75 Å². The van der Waals surface area contributed by atoms with Crippen LogP contribution in [0.1, 0.15) is 17.2 Å². The number of rotatable bonds is 5. The Balaban J connectivity index is 2.28. The topological polar surface area (TPSA) is 58.6 Å². The van der Waals surface area contributed by atoms with Crippen LogP contribution in [0.5, 0.6) is 5.75 Å². The highest BCUT2D eigenvalue weighted by Gasteiger charge is 2.21. The van der Waals surface area contributed by atoms with Crippen molar-refractivity contribution in [3.63, 3.8) is 0 Å². The van der Waals surface area contributed by atoms with E-state index in [0.717, 1.165) is 5.56 Å². The standard InChI is InChI=1S/C16H16FNO3/c1-10-3-6-12(7-4-10)18-15(16(19)20)11-5-8-14(21-2)13(17)9-11/h3-9,15,18H,1-2H3,(H,19,20). The van der Waals surface area contributed by atoms with E-state index in [1.807, 2.05) is 19.1 Å². The molecule has 1 atom stereocenters. The number of hydrogen-bond acceptors (Lipinski definition) is 3. The SMILES string of the molecule is COc1ccc(C(Nc2ccc(C)cc2)C(=O)O)cc1F. The van der Waals surface area contributed by atoms with Crippen LogP contribution in [-0.2, 0) is 4.79 Å². The molecule has 0 fully saturated rings. The highest BCUT2D eigenvalue weighted by Crippen LogP contribution is 2.25. The Morgan fingerprint density at radius 2 is 1.90 bits per heavy atom. The number of carbonyl (C=O) groups is 1. The second-order valence-electron chi connectivity index (χ2n) is 4.68. The number of methoxy groups -OCH3 is 1. The van der Waals surface area contributed by atoms with Crippen molar-refractivity contribution in [3.05, 3.63) is 59.4 Å². The third-order valence-electron chi connectivity index (χ3n) is 3.12. The maximum Gasteiger partial charge on any atom is 0.330 e. The van der Waals surface area contributed by atoms with Gasteiger partial charge in [0.2, 0.25) is 0 Å². The molecule has 4 nitrogen and oxygen atoms in total. The van der Waals surface area contributed by atoms with Gasteiger partial charge in [0.1, 0.15) is 0 Å². The molecule has 0 heterocycles. The minimum absolute atomic E-state index is 0.0817. The van der Waals surface area contributed by atoms with Crippen LogP contribution in [-0.4, -0.2) is 18.2 Å². The number of carboxylic acid groups (broad SMARTS) is 1. The molecule has 0 saturated heterocycles. The van der Waals surface area contributed by atoms with E-state index < -0.39 is 17.8 Å². The lowest BCUT2D eigenvalue weighted by Gasteiger charge is -2.17. The summed E-state index contributed by atoms with van der Waals surface area (Å²) < 4.78 is 18.5. The summed E-state index contributed by atoms with van der Waals surface area (Å²) in [5.74, 6) is -1.59. The second-order valence-corrected chi connectivity index (χ2v) is 4.68. The number of nitrogens with one attached hydrogen (secondary N) is 1. The van der Waals surface area contributed by atoms with Gasteiger partial charge in [0.05, 0.1) is 7.11 Å². The third kappa shape index (κ3) is 3.51. The van der Waals surface area contributed by atoms with Crippen LogP contribution < -0.4 is 10.1 Å². The number of halogens is 1. The van der Waals surface area contributed by atoms with E-state index in [1.54, 1.807) is 12.1 Å². The molecule has 0 saturated carbocycles. The van der Waals surface area contributed by atoms with Gasteiger partial charge < -0.3 is 15.2 Å². The number of benzene rings is 2. The number of aryl methyl sites for hydroxylation is 1. The minimum atomic E-state index is -1.08. The van der Waals surface area contributed by atoms with Crippen molar-refractivity contribution < 1.29 is 19.0 Å². The predicted molar refractivity (Wildman–Crippen MR) is 78.1 cm³/mol. The Morgan fingerprint density at radius 1 is 1.24 bits per heavy atom. The number of anilines is 1. The van der Waals surface area contributed by atoms with Crippen molar-refractivity contribution in [2.24, 2.45) is 0 Å². The van der Waals surface area contributed by atoms with Crippen molar-refractivity contribution in [2.45, 2.75) is 13.0 Å². The summed E-state index contributed by atoms with van der Waals surface area (Å²) in [6, 6.07) is 10.4. The summed E-state index contributed by atoms with van der Waals surface area (Å²) in [6.45, 7) is 1.94. The molecule has 110 valence electrons. The van der Waals surface area contributed by atoms with Crippen molar-refractivity contribution >= 4 is 11.7 Å². The van der Waals surface area contributed by atoms with Gasteiger partial charge >= 0.3 is 5.97 Å². The van der Waals surface area contributed by atoms with E-state index in [4.69, 9.17) is 4.74 Å². The molecule has 0 aliphatic carbocycles. The van der Waals surface area contributed by atoms with Crippen LogP contribution >= 0.6 is 0 Å². The zero-order chi connectivity index (χ0) is 15.4. The van der Waals surface area contributed by atoms with Crippen molar-refractivity contribution in [1.29, 1.82) is 0 Å². The first-order chi connectivity index (χ1) is 10.0. The first-order valence-electron chi connectivity index (χ1n) is 6.40. The van der Waals surface area contributed by atoms with Gasteiger partial charge in [-0.2, -0.15) is 0 Å². The Labute approximate surface area is 122 Å². The molecule has 21 heavy (non-hydrogen) atoms. The molecule has 2 aromatic rings. The summed E-state index contributed by atoms with van der Waals surface area (Å²) in [5, 5.41) is 12.2. The van der Waals surface area contributed by atoms with E-state index in [0.29, 0.717) is 11.3 Å². The summed E-state index contributed by atoms with van der Waals surface area (Å²) in [7, 11) is 1.36. The fourth-order valence-corrected chi connectivity index (χ4v) is 1.97. The smallest absolute Gasteiger partial charge is 0.330 e. The van der Waals surface area contributed by atoms with Gasteiger partial charge in [0.25, 0.3) is 0 Å². The van der Waals surface area contributed by atoms with Gasteiger partial charge in [-0.15, -0.1) is 0 Å². The van der Waals surface area contributed by atoms with Gasteiger partial charge in [0.15, 0.2) is 17.6 Å². The normalized spacial score (nSPS) is 11.8. The average molecular weight is 289 g/mol. The lowest BCUT2D eigenvalue weighted by atomic mass is 10.1. The first-order valence-corrected chi connectivity index (χ1v) is 6.40. The molecule has 5 heteroatoms. The predicted octanol–water partition coefficient (Wildman–Crippen LogP) is 3.38. The van der Waals surface area contributed by atoms with Crippen LogP contribution in [0.2, 0.25) is 0 Å². The maximum atomic E-state index is 13.7. The fourth-order valence-electron chi connectivity index (χ4n) is 1.97. The van der Waals surface area contributed by atoms with Gasteiger partial charge in [-0.3, -0.25) is 0 Å². The quantitative estimate of drug-likeness (QED) is 0.886. The molecule has 1 unspecified atom stereocenters. The van der Waals surface area contributed by atoms with Gasteiger partial charge in [-0.1, -0.05) is 23.8 Å². The molecule has 0 aromatic heterocycles. The van der Waals surface area contributed by atoms with Crippen molar-refractivity contribution in [3.8, 4) is 5.75 Å². The van der Waals surface area contributed by atoms with E-state index in [9.17, 15) is 14.3 Å². The zero-order valence-electron chi connectivity index (χ0n) is 11.8. The number of ether oxygens (including phenoxy) is 1. The van der Waals surface area contributed by atoms with Crippen molar-refractivity contribution in [2.75, 3.05) is 12.4 Å². The molecule has 2 aromatic carbocycles. The van der Waals surface area contributed by atoms with Crippen LogP contribution in [0.25, 0.3) is 0 Å². The maximum absolute atomic E-state index is 13.7. The molecule has 0 amide bonds. The van der Waals surface area contributed by atoms with E-state index >= 15 is 0 Å². The Bertz CT molecular complexity index is 640. The fraction of sp³-hybridized carbons (Fsp3) is 0.188. The Kier molecular flexibility index (Phi) is 4.42. The van der Waals surface area contributed by atoms with Crippen LogP contribution in [0.3, 0.4) is 0 Å². The molecule has 0 spiro atoms. The lowest BCUT2D eigenvalue weighted by molar-refractivity contribution is -0.138. The molecular formula is C16H16FNO3. The molecule has 0 bridgehead atoms. The monoisotopic (exact) mass is 289 g/mol. The molecule has 0 aliphatic heterocycles. The number of hydrogen-bond donors (Lipinski definition) is 2. The number of aliphatic carboxylic acids is 1. The molecule has 2 N–H and O–H groups in total. The van der Waals surface area contributed by atoms with E-state index in [2.05, 4.69) is 5.32 Å². The third-order valence-corrected chi connectivity index (χ3v) is 3.12. The van der Waals surface area contributed by atoms with E-state index in [1.165, 1.54) is 25.3 Å². The van der Waals surface area contributed by atoms with Gasteiger partial charge in [0, 0.05) is 5.69 Å². The second kappa shape index (κ2) is 6.26. The zero-order valence-corrected chi connectivity index (χ0v) is 11.8. The molecule has 2 rings (SSSR count). The molecular weight excluding hydrogens is 273 g/mol. The highest BCUT2D eigenvalue weighted by molar-refractivity contribution is 5.79. The summed E-state index contributed by atoms with van der Waals surface area (Å²) in [5.41, 5.74) is 2.05. The first kappa shape index (κ1) is 14.8. The average Bonchev–Trinajstić information content (AvgIpc) is 2.46. The minimum Gasteiger partial charge on any atom is -0.494 e. The summed E-state index contributed by atoms with van der Waals surface area (Å²) in [6.07, 6.45) is 0. The summed E-state index contributed by atoms with van der Waals surface area (Å²) in [4.78, 5) is 11.4. The Hall–Kier alpha value is -2.56. The Morgan fingerprint density at radius 3 is 2.43 bits per heavy atom. The summed E-state index contributed by atoms with van der Waals surface area (Å²) >= 11 is 0. The number of carboxylic acids is 1. The van der Waals surface area contributed by atoms with Gasteiger partial charge in [-0.05, 0) is 36.8 Å². The van der Waals surface area contributed by atoms with Crippen LogP contribution in [0, 0.1) is 12.7 Å². The van der Waals surface area contributed by atoms with Gasteiger partial charge in [-0.25, -0.2) is 9.18 Å². The van der Waals surface area contributed by atoms with Crippen LogP contribution in [0.4, 0.5) is 10.1 Å². The molecule has 0 aliphatic rings. The lowest BCUT2D eigenvalue weighted by Crippen LogP contribution is -2.20. The largest absolute Gasteiger partial charge is 0.494 e. The van der Waals surface area contributed by atoms with Crippen LogP contribution in [0.15, 0.2) is 42.5 Å². The highest BCUT2D eigenvalue weighted by atomic mass is 19.1. The molecule has 0 radical (unpaired) electrons.